The number of carbonyl (C=O) groups is 1. The van der Waals surface area contributed by atoms with E-state index in [1.54, 1.807) is 22.9 Å². The lowest BCUT2D eigenvalue weighted by atomic mass is 10.2. The van der Waals surface area contributed by atoms with Gasteiger partial charge in [0.2, 0.25) is 0 Å². The normalized spacial score (nSPS) is 10.3. The number of halogens is 1. The van der Waals surface area contributed by atoms with Crippen molar-refractivity contribution in [1.29, 1.82) is 0 Å². The summed E-state index contributed by atoms with van der Waals surface area (Å²) in [5.41, 5.74) is 0.421. The molecule has 2 aromatic rings. The minimum atomic E-state index is 0.221. The molecule has 0 unspecified atom stereocenters. The summed E-state index contributed by atoms with van der Waals surface area (Å²) in [6.07, 6.45) is 2.18. The molecule has 0 aliphatic heterocycles. The number of nitrogens with zero attached hydrogens (tertiary/aromatic N) is 3. The Morgan fingerprint density at radius 3 is 3.06 bits per heavy atom. The monoisotopic (exact) mass is 265 g/mol. The highest BCUT2D eigenvalue weighted by Crippen LogP contribution is 2.28. The number of carbonyl (C=O) groups excluding carboxylic acids is 1. The van der Waals surface area contributed by atoms with Crippen molar-refractivity contribution < 1.29 is 9.53 Å². The maximum atomic E-state index is 10.9. The second-order valence-corrected chi connectivity index (χ2v) is 3.96. The first kappa shape index (κ1) is 12.6. The van der Waals surface area contributed by atoms with E-state index in [-0.39, 0.29) is 6.61 Å². The van der Waals surface area contributed by atoms with Gasteiger partial charge >= 0.3 is 0 Å². The van der Waals surface area contributed by atoms with Crippen molar-refractivity contribution in [2.45, 2.75) is 20.1 Å². The molecule has 1 aromatic heterocycles. The SMILES string of the molecule is CCn1ncnc1COc1c(Cl)cccc1C=O. The number of para-hydroxylation sites is 1. The molecule has 0 atom stereocenters. The number of benzene rings is 1. The van der Waals surface area contributed by atoms with Gasteiger partial charge in [-0.15, -0.1) is 0 Å². The van der Waals surface area contributed by atoms with Gasteiger partial charge in [-0.05, 0) is 19.1 Å². The fraction of sp³-hybridized carbons (Fsp3) is 0.250. The Morgan fingerprint density at radius 2 is 2.33 bits per heavy atom. The molecule has 1 aromatic carbocycles. The average molecular weight is 266 g/mol. The molecule has 5 nitrogen and oxygen atoms in total. The third kappa shape index (κ3) is 2.51. The van der Waals surface area contributed by atoms with Crippen LogP contribution >= 0.6 is 11.6 Å². The maximum Gasteiger partial charge on any atom is 0.164 e. The maximum absolute atomic E-state index is 10.9. The predicted octanol–water partition coefficient (Wildman–Crippen LogP) is 2.34. The van der Waals surface area contributed by atoms with Gasteiger partial charge in [0.15, 0.2) is 12.1 Å². The van der Waals surface area contributed by atoms with Crippen LogP contribution in [-0.2, 0) is 13.2 Å². The molecule has 1 heterocycles. The molecule has 2 rings (SSSR count). The first-order chi connectivity index (χ1) is 8.76. The molecule has 0 amide bonds. The molecule has 6 heteroatoms. The quantitative estimate of drug-likeness (QED) is 0.779. The average Bonchev–Trinajstić information content (AvgIpc) is 2.84. The van der Waals surface area contributed by atoms with E-state index >= 15 is 0 Å². The Bertz CT molecular complexity index is 554. The van der Waals surface area contributed by atoms with Gasteiger partial charge < -0.3 is 4.74 Å². The molecule has 0 aliphatic carbocycles. The van der Waals surface area contributed by atoms with E-state index in [2.05, 4.69) is 10.1 Å². The molecule has 94 valence electrons. The van der Waals surface area contributed by atoms with Gasteiger partial charge in [0, 0.05) is 6.54 Å². The topological polar surface area (TPSA) is 57.0 Å². The zero-order chi connectivity index (χ0) is 13.0. The zero-order valence-corrected chi connectivity index (χ0v) is 10.6. The second kappa shape index (κ2) is 5.64. The van der Waals surface area contributed by atoms with Crippen molar-refractivity contribution in [3.8, 4) is 5.75 Å². The van der Waals surface area contributed by atoms with Crippen LogP contribution in [0.15, 0.2) is 24.5 Å². The molecule has 18 heavy (non-hydrogen) atoms. The lowest BCUT2D eigenvalue weighted by Gasteiger charge is -2.10. The van der Waals surface area contributed by atoms with E-state index < -0.39 is 0 Å². The third-order valence-corrected chi connectivity index (χ3v) is 2.76. The van der Waals surface area contributed by atoms with Gasteiger partial charge in [-0.2, -0.15) is 5.10 Å². The Balaban J connectivity index is 2.18. The van der Waals surface area contributed by atoms with Gasteiger partial charge in [0.1, 0.15) is 18.7 Å². The van der Waals surface area contributed by atoms with Crippen molar-refractivity contribution >= 4 is 17.9 Å². The minimum Gasteiger partial charge on any atom is -0.483 e. The Kier molecular flexibility index (Phi) is 3.94. The van der Waals surface area contributed by atoms with Gasteiger partial charge in [-0.1, -0.05) is 17.7 Å². The number of hydrogen-bond acceptors (Lipinski definition) is 4. The highest BCUT2D eigenvalue weighted by Gasteiger charge is 2.10. The van der Waals surface area contributed by atoms with Crippen LogP contribution in [0.2, 0.25) is 5.02 Å². The van der Waals surface area contributed by atoms with Gasteiger partial charge in [0.25, 0.3) is 0 Å². The summed E-state index contributed by atoms with van der Waals surface area (Å²) in [6.45, 7) is 2.89. The van der Waals surface area contributed by atoms with Crippen LogP contribution in [0.3, 0.4) is 0 Å². The van der Waals surface area contributed by atoms with Crippen LogP contribution in [0.25, 0.3) is 0 Å². The molecule has 0 fully saturated rings. The van der Waals surface area contributed by atoms with Gasteiger partial charge in [-0.3, -0.25) is 4.79 Å². The summed E-state index contributed by atoms with van der Waals surface area (Å²) >= 11 is 6.00. The van der Waals surface area contributed by atoms with Crippen LogP contribution in [-0.4, -0.2) is 21.1 Å². The van der Waals surface area contributed by atoms with Crippen molar-refractivity contribution in [3.63, 3.8) is 0 Å². The Labute approximate surface area is 109 Å². The smallest absolute Gasteiger partial charge is 0.164 e. The first-order valence-electron chi connectivity index (χ1n) is 5.49. The van der Waals surface area contributed by atoms with Crippen LogP contribution in [0.5, 0.6) is 5.75 Å². The number of aryl methyl sites for hydroxylation is 1. The summed E-state index contributed by atoms with van der Waals surface area (Å²) < 4.78 is 7.28. The Hall–Kier alpha value is -1.88. The van der Waals surface area contributed by atoms with E-state index in [1.807, 2.05) is 6.92 Å². The molecule has 0 radical (unpaired) electrons. The van der Waals surface area contributed by atoms with Crippen LogP contribution in [0.1, 0.15) is 23.1 Å². The predicted molar refractivity (Wildman–Crippen MR) is 66.9 cm³/mol. The molecule has 0 N–H and O–H groups in total. The zero-order valence-electron chi connectivity index (χ0n) is 9.84. The summed E-state index contributed by atoms with van der Waals surface area (Å²) in [4.78, 5) is 15.0. The number of rotatable bonds is 5. The van der Waals surface area contributed by atoms with Gasteiger partial charge in [0.05, 0.1) is 10.6 Å². The molecular weight excluding hydrogens is 254 g/mol. The van der Waals surface area contributed by atoms with E-state index in [4.69, 9.17) is 16.3 Å². The van der Waals surface area contributed by atoms with E-state index in [0.717, 1.165) is 0 Å². The van der Waals surface area contributed by atoms with Crippen LogP contribution < -0.4 is 4.74 Å². The number of aldehydes is 1. The fourth-order valence-electron chi connectivity index (χ4n) is 1.57. The molecule has 0 saturated heterocycles. The standard InChI is InChI=1S/C12H12ClN3O2/c1-2-16-11(14-8-15-16)7-18-12-9(6-17)4-3-5-10(12)13/h3-6,8H,2,7H2,1H3. The largest absolute Gasteiger partial charge is 0.483 e. The summed E-state index contributed by atoms with van der Waals surface area (Å²) in [7, 11) is 0. The van der Waals surface area contributed by atoms with Crippen molar-refractivity contribution in [3.05, 3.63) is 40.9 Å². The molecular formula is C12H12ClN3O2. The summed E-state index contributed by atoms with van der Waals surface area (Å²) in [6, 6.07) is 5.03. The van der Waals surface area contributed by atoms with E-state index in [9.17, 15) is 4.79 Å². The minimum absolute atomic E-state index is 0.221. The van der Waals surface area contributed by atoms with Crippen molar-refractivity contribution in [2.75, 3.05) is 0 Å². The number of ether oxygens (including phenoxy) is 1. The number of aromatic nitrogens is 3. The van der Waals surface area contributed by atoms with Crippen molar-refractivity contribution in [1.82, 2.24) is 14.8 Å². The highest BCUT2D eigenvalue weighted by molar-refractivity contribution is 6.32. The summed E-state index contributed by atoms with van der Waals surface area (Å²) in [5, 5.41) is 4.44. The lowest BCUT2D eigenvalue weighted by Crippen LogP contribution is -2.08. The van der Waals surface area contributed by atoms with E-state index in [1.165, 1.54) is 6.33 Å². The molecule has 0 aliphatic rings. The van der Waals surface area contributed by atoms with E-state index in [0.29, 0.717) is 35.0 Å². The van der Waals surface area contributed by atoms with Crippen LogP contribution in [0, 0.1) is 0 Å². The lowest BCUT2D eigenvalue weighted by molar-refractivity contribution is 0.111. The van der Waals surface area contributed by atoms with Gasteiger partial charge in [-0.25, -0.2) is 9.67 Å². The highest BCUT2D eigenvalue weighted by atomic mass is 35.5. The number of hydrogen-bond donors (Lipinski definition) is 0. The first-order valence-corrected chi connectivity index (χ1v) is 5.87. The van der Waals surface area contributed by atoms with Crippen LogP contribution in [0.4, 0.5) is 0 Å². The third-order valence-electron chi connectivity index (χ3n) is 2.47. The van der Waals surface area contributed by atoms with Crippen molar-refractivity contribution in [2.24, 2.45) is 0 Å². The Morgan fingerprint density at radius 1 is 1.50 bits per heavy atom. The molecule has 0 bridgehead atoms. The fourth-order valence-corrected chi connectivity index (χ4v) is 1.81. The second-order valence-electron chi connectivity index (χ2n) is 3.56. The molecule has 0 saturated carbocycles. The molecule has 0 spiro atoms. The summed E-state index contributed by atoms with van der Waals surface area (Å²) in [5.74, 6) is 1.06.